The lowest BCUT2D eigenvalue weighted by Gasteiger charge is -2.23. The van der Waals surface area contributed by atoms with Crippen LogP contribution in [0.1, 0.15) is 24.2 Å². The van der Waals surface area contributed by atoms with E-state index in [-0.39, 0.29) is 18.0 Å². The number of halogens is 2. The Morgan fingerprint density at radius 3 is 2.55 bits per heavy atom. The number of nitrogens with two attached hydrogens (primary N) is 1. The predicted octanol–water partition coefficient (Wildman–Crippen LogP) is 4.36. The van der Waals surface area contributed by atoms with Gasteiger partial charge in [0.2, 0.25) is 0 Å². The summed E-state index contributed by atoms with van der Waals surface area (Å²) in [5, 5.41) is 0. The van der Waals surface area contributed by atoms with E-state index in [0.717, 1.165) is 21.3 Å². The Morgan fingerprint density at radius 2 is 1.95 bits per heavy atom. The van der Waals surface area contributed by atoms with Crippen LogP contribution in [0, 0.1) is 12.7 Å². The highest BCUT2D eigenvalue weighted by atomic mass is 79.9. The van der Waals surface area contributed by atoms with Gasteiger partial charge in [-0.2, -0.15) is 0 Å². The van der Waals surface area contributed by atoms with Crippen molar-refractivity contribution in [2.75, 3.05) is 0 Å². The van der Waals surface area contributed by atoms with Crippen molar-refractivity contribution in [3.8, 4) is 5.75 Å². The van der Waals surface area contributed by atoms with Gasteiger partial charge in [-0.15, -0.1) is 0 Å². The van der Waals surface area contributed by atoms with Crippen LogP contribution in [0.15, 0.2) is 46.9 Å². The summed E-state index contributed by atoms with van der Waals surface area (Å²) in [6.45, 7) is 3.83. The third-order valence-corrected chi connectivity index (χ3v) is 3.94. The standard InChI is InChI=1S/C16H17BrFNO/c1-10-8-14(6-7-15(10)17)20-16(11(2)19)12-4-3-5-13(18)9-12/h3-9,11,16H,19H2,1-2H3. The molecule has 0 heterocycles. The lowest BCUT2D eigenvalue weighted by molar-refractivity contribution is 0.180. The van der Waals surface area contributed by atoms with Crippen LogP contribution >= 0.6 is 15.9 Å². The van der Waals surface area contributed by atoms with Gasteiger partial charge in [-0.05, 0) is 55.3 Å². The second-order valence-corrected chi connectivity index (χ2v) is 5.72. The topological polar surface area (TPSA) is 35.2 Å². The summed E-state index contributed by atoms with van der Waals surface area (Å²) in [7, 11) is 0. The third kappa shape index (κ3) is 3.58. The zero-order valence-electron chi connectivity index (χ0n) is 11.4. The molecule has 4 heteroatoms. The van der Waals surface area contributed by atoms with E-state index in [1.165, 1.54) is 12.1 Å². The Labute approximate surface area is 126 Å². The number of ether oxygens (including phenoxy) is 1. The van der Waals surface area contributed by atoms with Crippen LogP contribution in [-0.2, 0) is 0 Å². The molecule has 106 valence electrons. The van der Waals surface area contributed by atoms with Crippen molar-refractivity contribution in [3.63, 3.8) is 0 Å². The summed E-state index contributed by atoms with van der Waals surface area (Å²) in [5.41, 5.74) is 7.79. The maximum atomic E-state index is 13.3. The minimum absolute atomic E-state index is 0.249. The molecular formula is C16H17BrFNO. The second-order valence-electron chi connectivity index (χ2n) is 4.86. The zero-order chi connectivity index (χ0) is 14.7. The first-order valence-electron chi connectivity index (χ1n) is 6.41. The monoisotopic (exact) mass is 337 g/mol. The van der Waals surface area contributed by atoms with Gasteiger partial charge >= 0.3 is 0 Å². The Hall–Kier alpha value is -1.39. The van der Waals surface area contributed by atoms with E-state index in [2.05, 4.69) is 15.9 Å². The number of benzene rings is 2. The van der Waals surface area contributed by atoms with Crippen molar-refractivity contribution in [2.45, 2.75) is 26.0 Å². The fourth-order valence-corrected chi connectivity index (χ4v) is 2.25. The average molecular weight is 338 g/mol. The molecule has 0 aromatic heterocycles. The first-order valence-corrected chi connectivity index (χ1v) is 7.20. The van der Waals surface area contributed by atoms with Crippen molar-refractivity contribution < 1.29 is 9.13 Å². The molecule has 2 N–H and O–H groups in total. The Kier molecular flexibility index (Phi) is 4.78. The molecule has 2 aromatic rings. The Bertz CT molecular complexity index is 601. The highest BCUT2D eigenvalue weighted by molar-refractivity contribution is 9.10. The summed E-state index contributed by atoms with van der Waals surface area (Å²) in [6, 6.07) is 11.8. The van der Waals surface area contributed by atoms with Crippen LogP contribution < -0.4 is 10.5 Å². The van der Waals surface area contributed by atoms with E-state index in [9.17, 15) is 4.39 Å². The van der Waals surface area contributed by atoms with Gasteiger partial charge in [0, 0.05) is 10.5 Å². The van der Waals surface area contributed by atoms with Crippen LogP contribution in [0.3, 0.4) is 0 Å². The molecule has 0 saturated carbocycles. The van der Waals surface area contributed by atoms with Gasteiger partial charge in [-0.3, -0.25) is 0 Å². The van der Waals surface area contributed by atoms with Gasteiger partial charge in [-0.1, -0.05) is 28.1 Å². The maximum Gasteiger partial charge on any atom is 0.139 e. The fraction of sp³-hybridized carbons (Fsp3) is 0.250. The smallest absolute Gasteiger partial charge is 0.139 e. The first kappa shape index (κ1) is 15.0. The van der Waals surface area contributed by atoms with Gasteiger partial charge in [0.05, 0.1) is 0 Å². The van der Waals surface area contributed by atoms with E-state index >= 15 is 0 Å². The van der Waals surface area contributed by atoms with Gasteiger partial charge in [0.25, 0.3) is 0 Å². The van der Waals surface area contributed by atoms with Crippen molar-refractivity contribution in [2.24, 2.45) is 5.73 Å². The van der Waals surface area contributed by atoms with Gasteiger partial charge in [0.1, 0.15) is 17.7 Å². The molecular weight excluding hydrogens is 321 g/mol. The molecule has 2 aromatic carbocycles. The quantitative estimate of drug-likeness (QED) is 0.899. The molecule has 0 bridgehead atoms. The van der Waals surface area contributed by atoms with E-state index < -0.39 is 0 Å². The van der Waals surface area contributed by atoms with Gasteiger partial charge in [0.15, 0.2) is 0 Å². The summed E-state index contributed by atoms with van der Waals surface area (Å²) >= 11 is 3.45. The van der Waals surface area contributed by atoms with Gasteiger partial charge in [-0.25, -0.2) is 4.39 Å². The fourth-order valence-electron chi connectivity index (χ4n) is 2.00. The Morgan fingerprint density at radius 1 is 1.20 bits per heavy atom. The maximum absolute atomic E-state index is 13.3. The number of hydrogen-bond acceptors (Lipinski definition) is 2. The molecule has 2 nitrogen and oxygen atoms in total. The third-order valence-electron chi connectivity index (χ3n) is 3.05. The van der Waals surface area contributed by atoms with Crippen LogP contribution in [0.25, 0.3) is 0 Å². The molecule has 2 atom stereocenters. The van der Waals surface area contributed by atoms with Crippen LogP contribution in [0.2, 0.25) is 0 Å². The predicted molar refractivity (Wildman–Crippen MR) is 82.3 cm³/mol. The largest absolute Gasteiger partial charge is 0.484 e. The van der Waals surface area contributed by atoms with Crippen molar-refractivity contribution in [1.82, 2.24) is 0 Å². The molecule has 2 unspecified atom stereocenters. The SMILES string of the molecule is Cc1cc(OC(c2cccc(F)c2)C(C)N)ccc1Br. The first-order chi connectivity index (χ1) is 9.47. The normalized spacial score (nSPS) is 13.8. The molecule has 0 aliphatic rings. The molecule has 0 saturated heterocycles. The molecule has 0 amide bonds. The van der Waals surface area contributed by atoms with Crippen LogP contribution in [-0.4, -0.2) is 6.04 Å². The van der Waals surface area contributed by atoms with E-state index in [0.29, 0.717) is 0 Å². The lowest BCUT2D eigenvalue weighted by Crippen LogP contribution is -2.29. The average Bonchev–Trinajstić information content (AvgIpc) is 2.39. The summed E-state index contributed by atoms with van der Waals surface area (Å²) in [5.74, 6) is 0.431. The summed E-state index contributed by atoms with van der Waals surface area (Å²) in [6.07, 6.45) is -0.383. The minimum atomic E-state index is -0.383. The molecule has 0 spiro atoms. The van der Waals surface area contributed by atoms with Crippen molar-refractivity contribution in [3.05, 3.63) is 63.9 Å². The van der Waals surface area contributed by atoms with E-state index in [1.807, 2.05) is 38.1 Å². The molecule has 0 aliphatic heterocycles. The molecule has 0 aliphatic carbocycles. The Balaban J connectivity index is 2.28. The summed E-state index contributed by atoms with van der Waals surface area (Å²) < 4.78 is 20.3. The van der Waals surface area contributed by atoms with E-state index in [4.69, 9.17) is 10.5 Å². The molecule has 20 heavy (non-hydrogen) atoms. The lowest BCUT2D eigenvalue weighted by atomic mass is 10.0. The van der Waals surface area contributed by atoms with Crippen LogP contribution in [0.4, 0.5) is 4.39 Å². The van der Waals surface area contributed by atoms with Gasteiger partial charge < -0.3 is 10.5 Å². The number of aryl methyl sites for hydroxylation is 1. The summed E-state index contributed by atoms with van der Waals surface area (Å²) in [4.78, 5) is 0. The highest BCUT2D eigenvalue weighted by Gasteiger charge is 2.19. The molecule has 2 rings (SSSR count). The van der Waals surface area contributed by atoms with E-state index in [1.54, 1.807) is 6.07 Å². The molecule has 0 fully saturated rings. The van der Waals surface area contributed by atoms with Crippen LogP contribution in [0.5, 0.6) is 5.75 Å². The second kappa shape index (κ2) is 6.37. The highest BCUT2D eigenvalue weighted by Crippen LogP contribution is 2.27. The minimum Gasteiger partial charge on any atom is -0.484 e. The number of hydrogen-bond donors (Lipinski definition) is 1. The number of rotatable bonds is 4. The van der Waals surface area contributed by atoms with Crippen molar-refractivity contribution >= 4 is 15.9 Å². The zero-order valence-corrected chi connectivity index (χ0v) is 13.0. The molecule has 0 radical (unpaired) electrons. The van der Waals surface area contributed by atoms with Crippen molar-refractivity contribution in [1.29, 1.82) is 0 Å².